The summed E-state index contributed by atoms with van der Waals surface area (Å²) < 4.78 is 2.78. The van der Waals surface area contributed by atoms with Crippen molar-refractivity contribution in [1.29, 1.82) is 0 Å². The molecule has 33 heavy (non-hydrogen) atoms. The number of rotatable bonds is 4. The molecule has 2 heterocycles. The van der Waals surface area contributed by atoms with Gasteiger partial charge in [-0.05, 0) is 36.6 Å². The minimum absolute atomic E-state index is 0.221. The molecule has 0 aliphatic carbocycles. The number of nitrogens with zero attached hydrogens (tertiary/aromatic N) is 4. The van der Waals surface area contributed by atoms with Gasteiger partial charge < -0.3 is 5.11 Å². The molecule has 0 fully saturated rings. The molecule has 7 heteroatoms. The van der Waals surface area contributed by atoms with E-state index < -0.39 is 0 Å². The summed E-state index contributed by atoms with van der Waals surface area (Å²) in [6.45, 7) is 1.90. The van der Waals surface area contributed by atoms with E-state index in [-0.39, 0.29) is 5.75 Å². The third-order valence-electron chi connectivity index (χ3n) is 5.25. The smallest absolute Gasteiger partial charge is 0.211 e. The summed E-state index contributed by atoms with van der Waals surface area (Å²) in [6, 6.07) is 23.4. The average Bonchev–Trinajstić information content (AvgIpc) is 3.22. The van der Waals surface area contributed by atoms with Gasteiger partial charge in [-0.25, -0.2) is 9.67 Å². The summed E-state index contributed by atoms with van der Waals surface area (Å²) in [5.74, 6) is 0.221. The van der Waals surface area contributed by atoms with Crippen molar-refractivity contribution >= 4 is 49.4 Å². The molecule has 0 spiro atoms. The summed E-state index contributed by atoms with van der Waals surface area (Å²) >= 11 is 5.15. The average molecular weight is 515 g/mol. The van der Waals surface area contributed by atoms with Crippen LogP contribution in [0.3, 0.4) is 0 Å². The third kappa shape index (κ3) is 4.25. The van der Waals surface area contributed by atoms with Crippen molar-refractivity contribution in [1.82, 2.24) is 9.66 Å². The Hall–Kier alpha value is -3.55. The fraction of sp³-hybridized carbons (Fsp3) is 0.0385. The molecule has 0 saturated carbocycles. The van der Waals surface area contributed by atoms with E-state index in [2.05, 4.69) is 20.9 Å². The first-order valence-electron chi connectivity index (χ1n) is 10.3. The molecule has 5 rings (SSSR count). The number of halogens is 1. The lowest BCUT2D eigenvalue weighted by atomic mass is 10.0. The molecule has 0 amide bonds. The van der Waals surface area contributed by atoms with Gasteiger partial charge in [0.05, 0.1) is 23.3 Å². The Morgan fingerprint density at radius 2 is 1.82 bits per heavy atom. The predicted octanol–water partition coefficient (Wildman–Crippen LogP) is 6.74. The van der Waals surface area contributed by atoms with Crippen molar-refractivity contribution in [3.8, 4) is 17.0 Å². The molecule has 2 aromatic heterocycles. The fourth-order valence-electron chi connectivity index (χ4n) is 3.61. The lowest BCUT2D eigenvalue weighted by Gasteiger charge is -2.10. The molecule has 0 aliphatic rings. The first-order chi connectivity index (χ1) is 16.1. The van der Waals surface area contributed by atoms with Crippen LogP contribution in [-0.4, -0.2) is 20.5 Å². The number of phenolic OH excluding ortho intramolecular Hbond substituents is 1. The number of fused-ring (bicyclic) bond motifs is 1. The molecule has 0 atom stereocenters. The van der Waals surface area contributed by atoms with Gasteiger partial charge in [-0.2, -0.15) is 5.10 Å². The lowest BCUT2D eigenvalue weighted by molar-refractivity contribution is 0.480. The molecule has 0 saturated heterocycles. The Balaban J connectivity index is 1.72. The molecule has 5 aromatic rings. The predicted molar refractivity (Wildman–Crippen MR) is 138 cm³/mol. The monoisotopic (exact) mass is 514 g/mol. The topological polar surface area (TPSA) is 62.8 Å². The number of aromatic hydroxyl groups is 1. The van der Waals surface area contributed by atoms with Crippen LogP contribution < -0.4 is 4.80 Å². The van der Waals surface area contributed by atoms with Gasteiger partial charge in [0.25, 0.3) is 0 Å². The highest BCUT2D eigenvalue weighted by Crippen LogP contribution is 2.31. The molecule has 1 N–H and O–H groups in total. The maximum atomic E-state index is 11.0. The maximum absolute atomic E-state index is 11.0. The normalized spacial score (nSPS) is 12.4. The molecule has 3 aromatic carbocycles. The maximum Gasteiger partial charge on any atom is 0.211 e. The van der Waals surface area contributed by atoms with E-state index in [4.69, 9.17) is 10.1 Å². The van der Waals surface area contributed by atoms with E-state index in [0.29, 0.717) is 16.1 Å². The van der Waals surface area contributed by atoms with Gasteiger partial charge in [-0.1, -0.05) is 64.5 Å². The number of benzene rings is 3. The minimum atomic E-state index is 0.221. The number of thiazole rings is 1. The molecule has 0 unspecified atom stereocenters. The molecule has 5 nitrogen and oxygen atoms in total. The van der Waals surface area contributed by atoms with E-state index in [9.17, 15) is 5.11 Å². The van der Waals surface area contributed by atoms with Gasteiger partial charge in [0.15, 0.2) is 0 Å². The minimum Gasteiger partial charge on any atom is -0.507 e. The van der Waals surface area contributed by atoms with Crippen LogP contribution in [0.1, 0.15) is 12.5 Å². The van der Waals surface area contributed by atoms with E-state index in [1.54, 1.807) is 12.4 Å². The second kappa shape index (κ2) is 9.13. The number of phenols is 1. The lowest BCUT2D eigenvalue weighted by Crippen LogP contribution is -2.14. The summed E-state index contributed by atoms with van der Waals surface area (Å²) in [4.78, 5) is 9.64. The van der Waals surface area contributed by atoms with Crippen molar-refractivity contribution in [3.63, 3.8) is 0 Å². The standard InChI is InChI=1S/C26H19BrN4OS/c1-17(20-13-12-18-7-2-3-9-21(18)25(20)32)30-31-24(22-10-4-5-11-23(22)27)16-33-26(31)29-19-8-6-14-28-15-19/h2-16,32H,1H3. The number of aromatic nitrogens is 2. The molecule has 0 radical (unpaired) electrons. The zero-order valence-electron chi connectivity index (χ0n) is 17.7. The van der Waals surface area contributed by atoms with Gasteiger partial charge in [0.2, 0.25) is 4.80 Å². The Labute approximate surface area is 203 Å². The van der Waals surface area contributed by atoms with Crippen molar-refractivity contribution in [3.05, 3.63) is 105 Å². The largest absolute Gasteiger partial charge is 0.507 e. The SMILES string of the molecule is CC(=Nn1c(-c2ccccc2Br)csc1=Nc1cccnc1)c1ccc2ccccc2c1O. The summed E-state index contributed by atoms with van der Waals surface area (Å²) in [6.07, 6.45) is 3.44. The van der Waals surface area contributed by atoms with Gasteiger partial charge in [0, 0.05) is 32.6 Å². The molecular formula is C26H19BrN4OS. The Morgan fingerprint density at radius 3 is 2.64 bits per heavy atom. The summed E-state index contributed by atoms with van der Waals surface area (Å²) in [5.41, 5.74) is 4.00. The van der Waals surface area contributed by atoms with Gasteiger partial charge in [0.1, 0.15) is 5.75 Å². The quantitative estimate of drug-likeness (QED) is 0.270. The van der Waals surface area contributed by atoms with E-state index in [1.807, 2.05) is 89.8 Å². The van der Waals surface area contributed by atoms with Gasteiger partial charge in [-0.3, -0.25) is 4.98 Å². The van der Waals surface area contributed by atoms with Crippen molar-refractivity contribution in [2.24, 2.45) is 10.1 Å². The van der Waals surface area contributed by atoms with E-state index in [0.717, 1.165) is 32.2 Å². The van der Waals surface area contributed by atoms with Crippen LogP contribution in [-0.2, 0) is 0 Å². The zero-order chi connectivity index (χ0) is 22.8. The van der Waals surface area contributed by atoms with E-state index >= 15 is 0 Å². The highest BCUT2D eigenvalue weighted by Gasteiger charge is 2.14. The first kappa shape index (κ1) is 21.3. The zero-order valence-corrected chi connectivity index (χ0v) is 20.1. The van der Waals surface area contributed by atoms with E-state index in [1.165, 1.54) is 11.3 Å². The Morgan fingerprint density at radius 1 is 1.00 bits per heavy atom. The third-order valence-corrected chi connectivity index (χ3v) is 6.75. The van der Waals surface area contributed by atoms with Gasteiger partial charge >= 0.3 is 0 Å². The highest BCUT2D eigenvalue weighted by molar-refractivity contribution is 9.10. The fourth-order valence-corrected chi connectivity index (χ4v) is 4.94. The van der Waals surface area contributed by atoms with Crippen molar-refractivity contribution in [2.75, 3.05) is 0 Å². The van der Waals surface area contributed by atoms with Crippen LogP contribution >= 0.6 is 27.3 Å². The van der Waals surface area contributed by atoms with Gasteiger partial charge in [-0.15, -0.1) is 11.3 Å². The molecule has 0 aliphatic heterocycles. The van der Waals surface area contributed by atoms with Crippen LogP contribution in [0.4, 0.5) is 5.69 Å². The highest BCUT2D eigenvalue weighted by atomic mass is 79.9. The van der Waals surface area contributed by atoms with Crippen LogP contribution in [0.25, 0.3) is 22.0 Å². The number of hydrogen-bond acceptors (Lipinski definition) is 5. The van der Waals surface area contributed by atoms with Crippen LogP contribution in [0.2, 0.25) is 0 Å². The van der Waals surface area contributed by atoms with Crippen LogP contribution in [0, 0.1) is 0 Å². The second-order valence-electron chi connectivity index (χ2n) is 7.39. The second-order valence-corrected chi connectivity index (χ2v) is 9.08. The first-order valence-corrected chi connectivity index (χ1v) is 12.0. The van der Waals surface area contributed by atoms with Crippen molar-refractivity contribution < 1.29 is 5.11 Å². The number of hydrogen-bond donors (Lipinski definition) is 1. The van der Waals surface area contributed by atoms with Crippen molar-refractivity contribution in [2.45, 2.75) is 6.92 Å². The summed E-state index contributed by atoms with van der Waals surface area (Å²) in [5, 5.41) is 19.7. The molecule has 0 bridgehead atoms. The molecular weight excluding hydrogens is 496 g/mol. The number of pyridine rings is 1. The Bertz CT molecular complexity index is 1550. The van der Waals surface area contributed by atoms with Crippen LogP contribution in [0.15, 0.2) is 105 Å². The van der Waals surface area contributed by atoms with Crippen LogP contribution in [0.5, 0.6) is 5.75 Å². The molecule has 162 valence electrons. The summed E-state index contributed by atoms with van der Waals surface area (Å²) in [7, 11) is 0. The Kier molecular flexibility index (Phi) is 5.90.